The van der Waals surface area contributed by atoms with Crippen molar-refractivity contribution in [3.8, 4) is 0 Å². The maximum absolute atomic E-state index is 5.18. The van der Waals surface area contributed by atoms with Crippen LogP contribution in [0.5, 0.6) is 0 Å². The van der Waals surface area contributed by atoms with E-state index in [0.29, 0.717) is 12.5 Å². The predicted octanol–water partition coefficient (Wildman–Crippen LogP) is 1.82. The normalized spacial score (nSPS) is 12.6. The van der Waals surface area contributed by atoms with Crippen LogP contribution >= 0.6 is 0 Å². The summed E-state index contributed by atoms with van der Waals surface area (Å²) in [4.78, 5) is 0. The molecule has 0 aliphatic rings. The maximum Gasteiger partial charge on any atom is 0.0920 e. The second-order valence-corrected chi connectivity index (χ2v) is 2.26. The van der Waals surface area contributed by atoms with Crippen LogP contribution in [0.25, 0.3) is 0 Å². The first kappa shape index (κ1) is 9.50. The zero-order valence-electron chi connectivity index (χ0n) is 6.80. The van der Waals surface area contributed by atoms with Gasteiger partial charge in [-0.1, -0.05) is 13.5 Å². The van der Waals surface area contributed by atoms with Crippen molar-refractivity contribution in [1.29, 1.82) is 0 Å². The van der Waals surface area contributed by atoms with Crippen LogP contribution in [0.15, 0.2) is 12.8 Å². The van der Waals surface area contributed by atoms with Crippen molar-refractivity contribution in [3.05, 3.63) is 12.8 Å². The smallest absolute Gasteiger partial charge is 0.0920 e. The number of hydrogen-bond acceptors (Lipinski definition) is 2. The van der Waals surface area contributed by atoms with Crippen molar-refractivity contribution in [2.75, 3.05) is 19.8 Å². The van der Waals surface area contributed by atoms with Gasteiger partial charge in [-0.05, 0) is 6.92 Å². The van der Waals surface area contributed by atoms with E-state index in [1.807, 2.05) is 6.92 Å². The van der Waals surface area contributed by atoms with Gasteiger partial charge in [-0.3, -0.25) is 0 Å². The van der Waals surface area contributed by atoms with E-state index in [-0.39, 0.29) is 0 Å². The summed E-state index contributed by atoms with van der Waals surface area (Å²) in [6.07, 6.45) is 1.46. The van der Waals surface area contributed by atoms with Gasteiger partial charge in [0.15, 0.2) is 0 Å². The zero-order chi connectivity index (χ0) is 7.82. The fourth-order valence-corrected chi connectivity index (χ4v) is 0.599. The van der Waals surface area contributed by atoms with E-state index in [2.05, 4.69) is 13.5 Å². The van der Waals surface area contributed by atoms with Gasteiger partial charge in [-0.15, -0.1) is 0 Å². The van der Waals surface area contributed by atoms with E-state index in [1.54, 1.807) is 0 Å². The highest BCUT2D eigenvalue weighted by atomic mass is 16.5. The standard InChI is InChI=1S/C8H16O2/c1-4-9-6-8(3)7-10-5-2/h4,8H,1,5-7H2,2-3H3. The molecule has 0 radical (unpaired) electrons. The summed E-state index contributed by atoms with van der Waals surface area (Å²) in [5.74, 6) is 0.456. The summed E-state index contributed by atoms with van der Waals surface area (Å²) in [6.45, 7) is 9.76. The molecule has 0 rings (SSSR count). The summed E-state index contributed by atoms with van der Waals surface area (Å²) in [5.41, 5.74) is 0. The molecule has 0 heterocycles. The van der Waals surface area contributed by atoms with Crippen molar-refractivity contribution in [2.45, 2.75) is 13.8 Å². The monoisotopic (exact) mass is 144 g/mol. The van der Waals surface area contributed by atoms with Gasteiger partial charge in [-0.2, -0.15) is 0 Å². The van der Waals surface area contributed by atoms with Crippen molar-refractivity contribution in [1.82, 2.24) is 0 Å². The molecular formula is C8H16O2. The molecule has 0 saturated carbocycles. The van der Waals surface area contributed by atoms with Crippen molar-refractivity contribution < 1.29 is 9.47 Å². The van der Waals surface area contributed by atoms with Crippen LogP contribution in [0.1, 0.15) is 13.8 Å². The van der Waals surface area contributed by atoms with Crippen molar-refractivity contribution >= 4 is 0 Å². The van der Waals surface area contributed by atoms with Crippen LogP contribution in [0, 0.1) is 5.92 Å². The Bertz CT molecular complexity index is 81.3. The average Bonchev–Trinajstić information content (AvgIpc) is 1.97. The quantitative estimate of drug-likeness (QED) is 0.529. The molecule has 0 amide bonds. The molecule has 0 aromatic carbocycles. The molecule has 0 bridgehead atoms. The van der Waals surface area contributed by atoms with Crippen LogP contribution < -0.4 is 0 Å². The molecule has 0 aliphatic heterocycles. The molecule has 0 aromatic heterocycles. The predicted molar refractivity (Wildman–Crippen MR) is 41.8 cm³/mol. The molecule has 1 atom stereocenters. The lowest BCUT2D eigenvalue weighted by molar-refractivity contribution is 0.0830. The zero-order valence-corrected chi connectivity index (χ0v) is 6.80. The molecule has 0 fully saturated rings. The van der Waals surface area contributed by atoms with Crippen LogP contribution in [0.4, 0.5) is 0 Å². The first-order valence-corrected chi connectivity index (χ1v) is 3.61. The molecule has 1 unspecified atom stereocenters. The summed E-state index contributed by atoms with van der Waals surface area (Å²) in [5, 5.41) is 0. The van der Waals surface area contributed by atoms with Gasteiger partial charge in [0.25, 0.3) is 0 Å². The minimum absolute atomic E-state index is 0.456. The van der Waals surface area contributed by atoms with Crippen LogP contribution in [-0.2, 0) is 9.47 Å². The molecule has 2 heteroatoms. The highest BCUT2D eigenvalue weighted by molar-refractivity contribution is 4.53. The van der Waals surface area contributed by atoms with Gasteiger partial charge in [0.2, 0.25) is 0 Å². The Morgan fingerprint density at radius 2 is 2.20 bits per heavy atom. The Balaban J connectivity index is 3.07. The number of ether oxygens (including phenoxy) is 2. The second kappa shape index (κ2) is 6.62. The van der Waals surface area contributed by atoms with E-state index >= 15 is 0 Å². The van der Waals surface area contributed by atoms with Gasteiger partial charge in [0.1, 0.15) is 0 Å². The Hall–Kier alpha value is -0.500. The first-order valence-electron chi connectivity index (χ1n) is 3.61. The summed E-state index contributed by atoms with van der Waals surface area (Å²) >= 11 is 0. The van der Waals surface area contributed by atoms with E-state index in [0.717, 1.165) is 13.2 Å². The number of rotatable bonds is 6. The third kappa shape index (κ3) is 5.63. The molecule has 60 valence electrons. The Morgan fingerprint density at radius 3 is 2.70 bits per heavy atom. The molecule has 0 N–H and O–H groups in total. The summed E-state index contributed by atoms with van der Waals surface area (Å²) in [6, 6.07) is 0. The molecule has 0 spiro atoms. The van der Waals surface area contributed by atoms with Gasteiger partial charge in [0, 0.05) is 12.5 Å². The Labute approximate surface area is 62.8 Å². The van der Waals surface area contributed by atoms with Crippen molar-refractivity contribution in [2.24, 2.45) is 5.92 Å². The molecule has 0 saturated heterocycles. The van der Waals surface area contributed by atoms with Crippen LogP contribution in [0.3, 0.4) is 0 Å². The average molecular weight is 144 g/mol. The molecule has 10 heavy (non-hydrogen) atoms. The molecule has 0 aliphatic carbocycles. The third-order valence-electron chi connectivity index (χ3n) is 1.11. The maximum atomic E-state index is 5.18. The summed E-state index contributed by atoms with van der Waals surface area (Å²) in [7, 11) is 0. The largest absolute Gasteiger partial charge is 0.501 e. The highest BCUT2D eigenvalue weighted by Crippen LogP contribution is 1.96. The van der Waals surface area contributed by atoms with E-state index in [1.165, 1.54) is 6.26 Å². The van der Waals surface area contributed by atoms with Gasteiger partial charge >= 0.3 is 0 Å². The SMILES string of the molecule is C=COCC(C)COCC. The lowest BCUT2D eigenvalue weighted by Gasteiger charge is -2.09. The lowest BCUT2D eigenvalue weighted by Crippen LogP contribution is -2.10. The van der Waals surface area contributed by atoms with Crippen molar-refractivity contribution in [3.63, 3.8) is 0 Å². The topological polar surface area (TPSA) is 18.5 Å². The molecule has 0 aromatic rings. The fraction of sp³-hybridized carbons (Fsp3) is 0.750. The highest BCUT2D eigenvalue weighted by Gasteiger charge is 1.99. The first-order chi connectivity index (χ1) is 4.81. The molecule has 2 nitrogen and oxygen atoms in total. The van der Waals surface area contributed by atoms with E-state index in [4.69, 9.17) is 9.47 Å². The van der Waals surface area contributed by atoms with E-state index in [9.17, 15) is 0 Å². The Morgan fingerprint density at radius 1 is 1.50 bits per heavy atom. The minimum Gasteiger partial charge on any atom is -0.501 e. The van der Waals surface area contributed by atoms with Crippen LogP contribution in [-0.4, -0.2) is 19.8 Å². The minimum atomic E-state index is 0.456. The van der Waals surface area contributed by atoms with Gasteiger partial charge in [0.05, 0.1) is 19.5 Å². The molecular weight excluding hydrogens is 128 g/mol. The third-order valence-corrected chi connectivity index (χ3v) is 1.11. The lowest BCUT2D eigenvalue weighted by atomic mass is 10.2. The van der Waals surface area contributed by atoms with Crippen LogP contribution in [0.2, 0.25) is 0 Å². The summed E-state index contributed by atoms with van der Waals surface area (Å²) < 4.78 is 10.2. The van der Waals surface area contributed by atoms with Gasteiger partial charge in [-0.25, -0.2) is 0 Å². The van der Waals surface area contributed by atoms with Gasteiger partial charge < -0.3 is 9.47 Å². The second-order valence-electron chi connectivity index (χ2n) is 2.26. The fourth-order valence-electron chi connectivity index (χ4n) is 0.599. The number of hydrogen-bond donors (Lipinski definition) is 0. The Kier molecular flexibility index (Phi) is 6.29. The van der Waals surface area contributed by atoms with E-state index < -0.39 is 0 Å².